The molecule has 0 bridgehead atoms. The molecule has 2 aromatic heterocycles. The van der Waals surface area contributed by atoms with Gasteiger partial charge < -0.3 is 38.3 Å². The number of carboxylic acids is 2. The second kappa shape index (κ2) is 12.3. The van der Waals surface area contributed by atoms with E-state index in [9.17, 15) is 14.4 Å². The summed E-state index contributed by atoms with van der Waals surface area (Å²) in [6.45, 7) is 1.40. The maximum atomic E-state index is 11.6. The van der Waals surface area contributed by atoms with Crippen LogP contribution in [0.15, 0.2) is 45.6 Å². The Hall–Kier alpha value is -4.16. The second-order valence-electron chi connectivity index (χ2n) is 6.90. The molecule has 0 spiro atoms. The molecule has 0 saturated heterocycles. The van der Waals surface area contributed by atoms with Gasteiger partial charge in [-0.15, -0.1) is 0 Å². The molecule has 0 aliphatic heterocycles. The molecule has 0 atom stereocenters. The molecule has 1 aromatic carbocycles. The first kappa shape index (κ1) is 25.5. The van der Waals surface area contributed by atoms with Gasteiger partial charge in [0.25, 0.3) is 0 Å². The number of hydrogen-bond donors (Lipinski definition) is 2. The van der Waals surface area contributed by atoms with E-state index in [4.69, 9.17) is 38.3 Å². The molecule has 2 heterocycles. The number of fused-ring (bicyclic) bond motifs is 1. The number of carboxylic acid groups (broad SMARTS) is 2. The summed E-state index contributed by atoms with van der Waals surface area (Å²) in [4.78, 5) is 37.2. The summed E-state index contributed by atoms with van der Waals surface area (Å²) < 4.78 is 32.1. The van der Waals surface area contributed by atoms with Gasteiger partial charge >= 0.3 is 17.6 Å². The lowest BCUT2D eigenvalue weighted by Gasteiger charge is -2.10. The molecule has 0 amide bonds. The van der Waals surface area contributed by atoms with Crippen LogP contribution in [0.4, 0.5) is 0 Å². The highest BCUT2D eigenvalue weighted by atomic mass is 16.6. The Bertz CT molecular complexity index is 1210. The lowest BCUT2D eigenvalue weighted by molar-refractivity contribution is 0.0273. The number of hydrogen-bond acceptors (Lipinski definition) is 10. The first-order valence-corrected chi connectivity index (χ1v) is 10.4. The highest BCUT2D eigenvalue weighted by Crippen LogP contribution is 2.27. The molecule has 0 fully saturated rings. The zero-order valence-corrected chi connectivity index (χ0v) is 18.7. The van der Waals surface area contributed by atoms with Crippen LogP contribution in [-0.2, 0) is 9.47 Å². The molecule has 3 aromatic rings. The minimum Gasteiger partial charge on any atom is -0.496 e. The average Bonchev–Trinajstić information content (AvgIpc) is 2.84. The van der Waals surface area contributed by atoms with Gasteiger partial charge in [0.1, 0.15) is 36.0 Å². The number of aromatic carboxylic acids is 2. The third kappa shape index (κ3) is 7.42. The topological polar surface area (TPSA) is 164 Å². The summed E-state index contributed by atoms with van der Waals surface area (Å²) >= 11 is 0. The van der Waals surface area contributed by atoms with Crippen molar-refractivity contribution in [3.63, 3.8) is 0 Å². The SMILES string of the molecule is COc1cc(=O)oc2cc(OCCOCCOCCOc3cc(C(=O)O)nc(C(=O)O)c3)ccc12. The van der Waals surface area contributed by atoms with E-state index in [1.54, 1.807) is 18.2 Å². The van der Waals surface area contributed by atoms with E-state index in [1.165, 1.54) is 13.2 Å². The van der Waals surface area contributed by atoms with E-state index in [1.807, 2.05) is 0 Å². The van der Waals surface area contributed by atoms with E-state index < -0.39 is 29.0 Å². The molecule has 2 N–H and O–H groups in total. The maximum absolute atomic E-state index is 11.6. The molecule has 0 aliphatic carbocycles. The van der Waals surface area contributed by atoms with Gasteiger partial charge in [0.2, 0.25) is 0 Å². The number of rotatable bonds is 14. The number of methoxy groups -OCH3 is 1. The van der Waals surface area contributed by atoms with Crippen molar-refractivity contribution in [1.82, 2.24) is 4.98 Å². The Labute approximate surface area is 198 Å². The lowest BCUT2D eigenvalue weighted by Crippen LogP contribution is -2.14. The molecule has 0 radical (unpaired) electrons. The largest absolute Gasteiger partial charge is 0.496 e. The van der Waals surface area contributed by atoms with Crippen molar-refractivity contribution in [2.45, 2.75) is 0 Å². The molecule has 12 heteroatoms. The Kier molecular flexibility index (Phi) is 8.98. The molecule has 0 unspecified atom stereocenters. The molecule has 12 nitrogen and oxygen atoms in total. The van der Waals surface area contributed by atoms with Gasteiger partial charge in [-0.25, -0.2) is 19.4 Å². The third-order valence-corrected chi connectivity index (χ3v) is 4.50. The van der Waals surface area contributed by atoms with Crippen LogP contribution in [0.3, 0.4) is 0 Å². The average molecular weight is 489 g/mol. The van der Waals surface area contributed by atoms with Gasteiger partial charge in [-0.05, 0) is 12.1 Å². The standard InChI is InChI=1S/C23H23NO11/c1-30-19-13-21(25)35-20-12-14(2-3-16(19)20)33-8-6-31-4-5-32-7-9-34-15-10-17(22(26)27)24-18(11-15)23(28)29/h2-3,10-13H,4-9H2,1H3,(H,26,27)(H,28,29). The van der Waals surface area contributed by atoms with E-state index in [0.29, 0.717) is 35.7 Å². The van der Waals surface area contributed by atoms with Crippen molar-refractivity contribution in [2.75, 3.05) is 46.8 Å². The zero-order chi connectivity index (χ0) is 25.2. The number of benzene rings is 1. The number of carbonyl (C=O) groups is 2. The van der Waals surface area contributed by atoms with Crippen molar-refractivity contribution < 1.29 is 47.9 Å². The molecule has 186 valence electrons. The summed E-state index contributed by atoms with van der Waals surface area (Å²) in [6.07, 6.45) is 0. The highest BCUT2D eigenvalue weighted by molar-refractivity contribution is 5.90. The van der Waals surface area contributed by atoms with Crippen molar-refractivity contribution in [2.24, 2.45) is 0 Å². The van der Waals surface area contributed by atoms with Crippen LogP contribution in [0, 0.1) is 0 Å². The molecular formula is C23H23NO11. The molecule has 3 rings (SSSR count). The molecular weight excluding hydrogens is 466 g/mol. The fraction of sp³-hybridized carbons (Fsp3) is 0.304. The summed E-state index contributed by atoms with van der Waals surface area (Å²) in [6, 6.07) is 8.61. The van der Waals surface area contributed by atoms with Crippen LogP contribution in [0.1, 0.15) is 21.0 Å². The first-order valence-electron chi connectivity index (χ1n) is 10.4. The Morgan fingerprint density at radius 2 is 1.40 bits per heavy atom. The van der Waals surface area contributed by atoms with E-state index in [-0.39, 0.29) is 32.2 Å². The predicted octanol–water partition coefficient (Wildman–Crippen LogP) is 2.08. The van der Waals surface area contributed by atoms with Crippen LogP contribution in [0.25, 0.3) is 11.0 Å². The normalized spacial score (nSPS) is 10.8. The third-order valence-electron chi connectivity index (χ3n) is 4.50. The Morgan fingerprint density at radius 1 is 0.829 bits per heavy atom. The fourth-order valence-electron chi connectivity index (χ4n) is 2.94. The monoisotopic (exact) mass is 489 g/mol. The van der Waals surface area contributed by atoms with E-state index >= 15 is 0 Å². The van der Waals surface area contributed by atoms with E-state index in [2.05, 4.69) is 4.98 Å². The van der Waals surface area contributed by atoms with Gasteiger partial charge in [-0.1, -0.05) is 0 Å². The summed E-state index contributed by atoms with van der Waals surface area (Å²) in [5, 5.41) is 18.7. The smallest absolute Gasteiger partial charge is 0.354 e. The minimum atomic E-state index is -1.36. The molecule has 0 saturated carbocycles. The second-order valence-corrected chi connectivity index (χ2v) is 6.90. The van der Waals surface area contributed by atoms with Crippen LogP contribution >= 0.6 is 0 Å². The van der Waals surface area contributed by atoms with Crippen molar-refractivity contribution in [3.05, 3.63) is 58.2 Å². The number of nitrogens with zero attached hydrogens (tertiary/aromatic N) is 1. The highest BCUT2D eigenvalue weighted by Gasteiger charge is 2.14. The molecule has 35 heavy (non-hydrogen) atoms. The van der Waals surface area contributed by atoms with Crippen LogP contribution in [-0.4, -0.2) is 73.9 Å². The Morgan fingerprint density at radius 3 is 1.97 bits per heavy atom. The number of ether oxygens (including phenoxy) is 5. The summed E-state index contributed by atoms with van der Waals surface area (Å²) in [5.74, 6) is -1.71. The minimum absolute atomic E-state index is 0.0678. The van der Waals surface area contributed by atoms with Gasteiger partial charge in [0, 0.05) is 18.2 Å². The van der Waals surface area contributed by atoms with Gasteiger partial charge in [0.05, 0.1) is 45.0 Å². The van der Waals surface area contributed by atoms with Gasteiger partial charge in [-0.2, -0.15) is 0 Å². The lowest BCUT2D eigenvalue weighted by atomic mass is 10.2. The first-order chi connectivity index (χ1) is 16.9. The van der Waals surface area contributed by atoms with Crippen LogP contribution < -0.4 is 19.8 Å². The van der Waals surface area contributed by atoms with Crippen LogP contribution in [0.2, 0.25) is 0 Å². The van der Waals surface area contributed by atoms with Crippen LogP contribution in [0.5, 0.6) is 17.2 Å². The Balaban J connectivity index is 1.31. The van der Waals surface area contributed by atoms with Gasteiger partial charge in [-0.3, -0.25) is 0 Å². The van der Waals surface area contributed by atoms with Crippen molar-refractivity contribution >= 4 is 22.9 Å². The van der Waals surface area contributed by atoms with E-state index in [0.717, 1.165) is 12.1 Å². The quantitative estimate of drug-likeness (QED) is 0.251. The number of aromatic nitrogens is 1. The summed E-state index contributed by atoms with van der Waals surface area (Å²) in [5.41, 5.74) is -1.02. The zero-order valence-electron chi connectivity index (χ0n) is 18.7. The molecule has 0 aliphatic rings. The summed E-state index contributed by atoms with van der Waals surface area (Å²) in [7, 11) is 1.47. The fourth-order valence-corrected chi connectivity index (χ4v) is 2.94. The maximum Gasteiger partial charge on any atom is 0.354 e. The van der Waals surface area contributed by atoms with Gasteiger partial charge in [0.15, 0.2) is 11.4 Å². The van der Waals surface area contributed by atoms with Crippen molar-refractivity contribution in [3.8, 4) is 17.2 Å². The van der Waals surface area contributed by atoms with Crippen molar-refractivity contribution in [1.29, 1.82) is 0 Å². The number of pyridine rings is 1. The predicted molar refractivity (Wildman–Crippen MR) is 120 cm³/mol.